The molecule has 0 unspecified atom stereocenters. The summed E-state index contributed by atoms with van der Waals surface area (Å²) in [6, 6.07) is 0. The topological polar surface area (TPSA) is 137 Å². The predicted octanol–water partition coefficient (Wildman–Crippen LogP) is 4.79. The average Bonchev–Trinajstić information content (AvgIpc) is 3.15. The summed E-state index contributed by atoms with van der Waals surface area (Å²) in [4.78, 5) is 11.8. The zero-order valence-corrected chi connectivity index (χ0v) is 32.5. The highest BCUT2D eigenvalue weighted by atomic mass is 16.6. The first kappa shape index (κ1) is 50.6. The van der Waals surface area contributed by atoms with Crippen LogP contribution >= 0.6 is 0 Å². The van der Waals surface area contributed by atoms with E-state index in [0.29, 0.717) is 158 Å². The number of unbranched alkanes of at least 4 members (excludes halogenated alkanes) is 8. The van der Waals surface area contributed by atoms with Crippen molar-refractivity contribution in [2.75, 3.05) is 159 Å². The van der Waals surface area contributed by atoms with Gasteiger partial charge in [0.1, 0.15) is 13.2 Å². The lowest BCUT2D eigenvalue weighted by Crippen LogP contribution is -2.15. The van der Waals surface area contributed by atoms with Gasteiger partial charge < -0.3 is 61.6 Å². The summed E-state index contributed by atoms with van der Waals surface area (Å²) in [7, 11) is 0. The lowest BCUT2D eigenvalue weighted by atomic mass is 10.1. The number of carbonyl (C=O) groups is 1. The molecule has 14 heteroatoms. The lowest BCUT2D eigenvalue weighted by molar-refractivity contribution is -0.145. The minimum atomic E-state index is -0.138. The Morgan fingerprint density at radius 1 is 0.365 bits per heavy atom. The zero-order chi connectivity index (χ0) is 37.5. The average molecular weight is 755 g/mol. The van der Waals surface area contributed by atoms with E-state index in [4.69, 9.17) is 61.6 Å². The molecule has 0 saturated carbocycles. The molecule has 0 aliphatic heterocycles. The van der Waals surface area contributed by atoms with Crippen LogP contribution in [0.25, 0.3) is 0 Å². The molecular weight excluding hydrogens is 680 g/mol. The fraction of sp³-hybridized carbons (Fsp3) is 0.921. The first-order valence-electron chi connectivity index (χ1n) is 19.5. The summed E-state index contributed by atoms with van der Waals surface area (Å²) in [6.45, 7) is 17.4. The van der Waals surface area contributed by atoms with Crippen molar-refractivity contribution in [2.24, 2.45) is 0 Å². The van der Waals surface area contributed by atoms with Crippen LogP contribution in [0.4, 0.5) is 0 Å². The summed E-state index contributed by atoms with van der Waals surface area (Å²) in [5.74, 6) is -0.138. The molecule has 0 fully saturated rings. The lowest BCUT2D eigenvalue weighted by Gasteiger charge is -2.09. The van der Waals surface area contributed by atoms with Crippen LogP contribution in [-0.2, 0) is 66.4 Å². The van der Waals surface area contributed by atoms with Gasteiger partial charge in [-0.05, 0) is 6.42 Å². The van der Waals surface area contributed by atoms with Crippen LogP contribution in [0, 0.1) is 0 Å². The normalized spacial score (nSPS) is 11.3. The van der Waals surface area contributed by atoms with E-state index in [0.717, 1.165) is 12.8 Å². The van der Waals surface area contributed by atoms with E-state index in [1.54, 1.807) is 0 Å². The molecular formula is C38H74O14. The number of rotatable bonds is 47. The van der Waals surface area contributed by atoms with Crippen molar-refractivity contribution in [3.63, 3.8) is 0 Å². The molecule has 0 bridgehead atoms. The highest BCUT2D eigenvalue weighted by molar-refractivity contribution is 5.69. The molecule has 0 aromatic heterocycles. The summed E-state index contributed by atoms with van der Waals surface area (Å²) in [5.41, 5.74) is 0. The molecule has 0 aliphatic carbocycles. The van der Waals surface area contributed by atoms with Crippen molar-refractivity contribution in [2.45, 2.75) is 71.1 Å². The van der Waals surface area contributed by atoms with Gasteiger partial charge in [-0.15, -0.1) is 0 Å². The van der Waals surface area contributed by atoms with E-state index in [2.05, 4.69) is 13.5 Å². The molecule has 0 rings (SSSR count). The largest absolute Gasteiger partial charge is 0.499 e. The molecule has 310 valence electrons. The van der Waals surface area contributed by atoms with Crippen molar-refractivity contribution < 1.29 is 66.4 Å². The third kappa shape index (κ3) is 46.6. The molecule has 0 radical (unpaired) electrons. The molecule has 0 spiro atoms. The third-order valence-corrected chi connectivity index (χ3v) is 7.16. The number of hydrogen-bond donors (Lipinski definition) is 0. The van der Waals surface area contributed by atoms with E-state index in [9.17, 15) is 4.79 Å². The minimum Gasteiger partial charge on any atom is -0.499 e. The van der Waals surface area contributed by atoms with Gasteiger partial charge in [-0.3, -0.25) is 4.79 Å². The summed E-state index contributed by atoms with van der Waals surface area (Å²) in [6.07, 6.45) is 13.0. The molecule has 0 aliphatic rings. The molecule has 0 amide bonds. The Balaban J connectivity index is 3.10. The Hall–Kier alpha value is -1.43. The third-order valence-electron chi connectivity index (χ3n) is 7.16. The molecule has 0 heterocycles. The van der Waals surface area contributed by atoms with Crippen molar-refractivity contribution in [1.29, 1.82) is 0 Å². The van der Waals surface area contributed by atoms with E-state index in [1.165, 1.54) is 51.2 Å². The maximum Gasteiger partial charge on any atom is 0.305 e. The van der Waals surface area contributed by atoms with Crippen LogP contribution in [0.5, 0.6) is 0 Å². The second-order valence-electron chi connectivity index (χ2n) is 11.6. The fourth-order valence-electron chi connectivity index (χ4n) is 4.36. The number of ether oxygens (including phenoxy) is 13. The first-order valence-corrected chi connectivity index (χ1v) is 19.5. The van der Waals surface area contributed by atoms with Crippen LogP contribution in [0.1, 0.15) is 71.1 Å². The Bertz CT molecular complexity index is 688. The molecule has 14 nitrogen and oxygen atoms in total. The molecule has 52 heavy (non-hydrogen) atoms. The van der Waals surface area contributed by atoms with E-state index >= 15 is 0 Å². The monoisotopic (exact) mass is 755 g/mol. The maximum absolute atomic E-state index is 11.8. The van der Waals surface area contributed by atoms with Crippen molar-refractivity contribution in [3.8, 4) is 0 Å². The Kier molecular flexibility index (Phi) is 46.3. The van der Waals surface area contributed by atoms with Crippen molar-refractivity contribution in [3.05, 3.63) is 12.8 Å². The van der Waals surface area contributed by atoms with Gasteiger partial charge in [-0.1, -0.05) is 64.9 Å². The smallest absolute Gasteiger partial charge is 0.305 e. The highest BCUT2D eigenvalue weighted by Gasteiger charge is 2.03. The summed E-state index contributed by atoms with van der Waals surface area (Å²) < 4.78 is 70.2. The van der Waals surface area contributed by atoms with Crippen LogP contribution in [0.3, 0.4) is 0 Å². The second kappa shape index (κ2) is 47.6. The van der Waals surface area contributed by atoms with Crippen molar-refractivity contribution >= 4 is 5.97 Å². The zero-order valence-electron chi connectivity index (χ0n) is 32.5. The molecule has 0 aromatic rings. The van der Waals surface area contributed by atoms with Crippen LogP contribution in [-0.4, -0.2) is 165 Å². The van der Waals surface area contributed by atoms with Gasteiger partial charge in [0.2, 0.25) is 0 Å². The van der Waals surface area contributed by atoms with Gasteiger partial charge in [0.15, 0.2) is 0 Å². The van der Waals surface area contributed by atoms with Gasteiger partial charge in [0.25, 0.3) is 0 Å². The molecule has 0 atom stereocenters. The van der Waals surface area contributed by atoms with Crippen LogP contribution in [0.15, 0.2) is 12.8 Å². The highest BCUT2D eigenvalue weighted by Crippen LogP contribution is 2.10. The fourth-order valence-corrected chi connectivity index (χ4v) is 4.36. The minimum absolute atomic E-state index is 0.138. The quantitative estimate of drug-likeness (QED) is 0.0478. The van der Waals surface area contributed by atoms with E-state index < -0.39 is 0 Å². The van der Waals surface area contributed by atoms with Gasteiger partial charge in [-0.25, -0.2) is 0 Å². The SMILES string of the molecule is C=COCCOCCOCCOCCOCCOCCOCCOCCOCCOCCOCCOCCOC(=O)CCCCCCCCCCC. The van der Waals surface area contributed by atoms with Gasteiger partial charge in [0.05, 0.1) is 152 Å². The molecule has 0 saturated heterocycles. The van der Waals surface area contributed by atoms with E-state index in [1.807, 2.05) is 0 Å². The molecule has 0 N–H and O–H groups in total. The number of carbonyl (C=O) groups excluding carboxylic acids is 1. The Labute approximate surface area is 314 Å². The van der Waals surface area contributed by atoms with Gasteiger partial charge in [0, 0.05) is 6.42 Å². The van der Waals surface area contributed by atoms with Crippen molar-refractivity contribution in [1.82, 2.24) is 0 Å². The van der Waals surface area contributed by atoms with Crippen LogP contribution in [0.2, 0.25) is 0 Å². The number of esters is 1. The summed E-state index contributed by atoms with van der Waals surface area (Å²) in [5, 5.41) is 0. The Morgan fingerprint density at radius 2 is 0.615 bits per heavy atom. The van der Waals surface area contributed by atoms with Crippen LogP contribution < -0.4 is 0 Å². The maximum atomic E-state index is 11.8. The standard InChI is InChI=1S/C38H74O14/c1-3-5-6-7-8-9-10-11-12-13-38(39)52-37-36-51-35-34-50-33-32-49-31-30-48-29-28-47-27-26-46-25-24-45-23-22-44-21-20-43-19-18-42-17-16-41-15-14-40-4-2/h4H,2-3,5-37H2,1H3. The van der Waals surface area contributed by atoms with Gasteiger partial charge in [-0.2, -0.15) is 0 Å². The number of hydrogen-bond acceptors (Lipinski definition) is 14. The second-order valence-corrected chi connectivity index (χ2v) is 11.6. The van der Waals surface area contributed by atoms with E-state index in [-0.39, 0.29) is 12.6 Å². The summed E-state index contributed by atoms with van der Waals surface area (Å²) >= 11 is 0. The predicted molar refractivity (Wildman–Crippen MR) is 198 cm³/mol. The molecule has 0 aromatic carbocycles. The first-order chi connectivity index (χ1) is 25.8. The Morgan fingerprint density at radius 3 is 0.904 bits per heavy atom. The van der Waals surface area contributed by atoms with Gasteiger partial charge >= 0.3 is 5.97 Å².